The van der Waals surface area contributed by atoms with Gasteiger partial charge in [-0.25, -0.2) is 4.98 Å². The second-order valence-corrected chi connectivity index (χ2v) is 5.28. The van der Waals surface area contributed by atoms with Crippen LogP contribution in [-0.4, -0.2) is 11.5 Å². The van der Waals surface area contributed by atoms with E-state index in [0.29, 0.717) is 5.92 Å². The number of hydrogen-bond donors (Lipinski definition) is 1. The normalized spacial score (nSPS) is 13.2. The van der Waals surface area contributed by atoms with Crippen LogP contribution in [0.1, 0.15) is 36.8 Å². The highest BCUT2D eigenvalue weighted by Crippen LogP contribution is 2.27. The van der Waals surface area contributed by atoms with E-state index in [4.69, 9.17) is 5.73 Å². The molecule has 2 rings (SSSR count). The number of nitrogens with zero attached hydrogens (tertiary/aromatic N) is 1. The SMILES string of the molecule is CCc1nc2ccc(C(C)CCN)cc2s1. The fraction of sp³-hybridized carbons (Fsp3) is 0.462. The van der Waals surface area contributed by atoms with Gasteiger partial charge >= 0.3 is 0 Å². The zero-order valence-corrected chi connectivity index (χ0v) is 10.7. The summed E-state index contributed by atoms with van der Waals surface area (Å²) < 4.78 is 1.30. The third kappa shape index (κ3) is 2.25. The standard InChI is InChI=1S/C13H18N2S/c1-3-13-15-11-5-4-10(8-12(11)16-13)9(2)6-7-14/h4-5,8-9H,3,6-7,14H2,1-2H3. The van der Waals surface area contributed by atoms with Gasteiger partial charge in [0.2, 0.25) is 0 Å². The van der Waals surface area contributed by atoms with Gasteiger partial charge in [-0.15, -0.1) is 11.3 Å². The maximum absolute atomic E-state index is 5.60. The Hall–Kier alpha value is -0.930. The molecule has 0 aliphatic carbocycles. The van der Waals surface area contributed by atoms with Crippen LogP contribution in [0.15, 0.2) is 18.2 Å². The molecule has 0 aliphatic rings. The lowest BCUT2D eigenvalue weighted by molar-refractivity contribution is 0.691. The van der Waals surface area contributed by atoms with E-state index in [9.17, 15) is 0 Å². The zero-order chi connectivity index (χ0) is 11.5. The molecule has 1 heterocycles. The molecule has 0 bridgehead atoms. The molecular formula is C13H18N2S. The first-order valence-electron chi connectivity index (χ1n) is 5.84. The van der Waals surface area contributed by atoms with Crippen molar-refractivity contribution in [3.63, 3.8) is 0 Å². The molecule has 0 fully saturated rings. The molecule has 3 heteroatoms. The number of nitrogens with two attached hydrogens (primary N) is 1. The van der Waals surface area contributed by atoms with E-state index in [1.165, 1.54) is 15.3 Å². The van der Waals surface area contributed by atoms with Crippen molar-refractivity contribution in [3.05, 3.63) is 28.8 Å². The Morgan fingerprint density at radius 2 is 2.25 bits per heavy atom. The maximum atomic E-state index is 5.60. The molecule has 1 atom stereocenters. The molecule has 0 saturated heterocycles. The summed E-state index contributed by atoms with van der Waals surface area (Å²) in [6.45, 7) is 5.13. The molecule has 0 radical (unpaired) electrons. The first-order valence-corrected chi connectivity index (χ1v) is 6.65. The van der Waals surface area contributed by atoms with Crippen LogP contribution in [0, 0.1) is 0 Å². The third-order valence-corrected chi connectivity index (χ3v) is 4.09. The minimum Gasteiger partial charge on any atom is -0.330 e. The van der Waals surface area contributed by atoms with E-state index < -0.39 is 0 Å². The summed E-state index contributed by atoms with van der Waals surface area (Å²) >= 11 is 1.80. The molecule has 2 nitrogen and oxygen atoms in total. The van der Waals surface area contributed by atoms with Crippen LogP contribution >= 0.6 is 11.3 Å². The van der Waals surface area contributed by atoms with Gasteiger partial charge in [0.05, 0.1) is 15.2 Å². The Morgan fingerprint density at radius 1 is 1.44 bits per heavy atom. The molecule has 16 heavy (non-hydrogen) atoms. The van der Waals surface area contributed by atoms with Gasteiger partial charge in [-0.3, -0.25) is 0 Å². The molecule has 0 saturated carbocycles. The summed E-state index contributed by atoms with van der Waals surface area (Å²) in [6, 6.07) is 6.58. The Labute approximate surface area is 101 Å². The molecule has 1 aromatic carbocycles. The molecule has 1 aromatic heterocycles. The Kier molecular flexibility index (Phi) is 3.56. The lowest BCUT2D eigenvalue weighted by Gasteiger charge is -2.09. The van der Waals surface area contributed by atoms with Crippen LogP contribution in [0.2, 0.25) is 0 Å². The average Bonchev–Trinajstić information content (AvgIpc) is 2.70. The molecule has 0 aliphatic heterocycles. The number of aromatic nitrogens is 1. The van der Waals surface area contributed by atoms with Gasteiger partial charge < -0.3 is 5.73 Å². The van der Waals surface area contributed by atoms with Crippen LogP contribution in [0.25, 0.3) is 10.2 Å². The fourth-order valence-electron chi connectivity index (χ4n) is 1.86. The van der Waals surface area contributed by atoms with Crippen molar-refractivity contribution in [2.75, 3.05) is 6.54 Å². The van der Waals surface area contributed by atoms with Crippen molar-refractivity contribution in [3.8, 4) is 0 Å². The number of rotatable bonds is 4. The number of hydrogen-bond acceptors (Lipinski definition) is 3. The Morgan fingerprint density at radius 3 is 2.94 bits per heavy atom. The van der Waals surface area contributed by atoms with Crippen molar-refractivity contribution >= 4 is 21.6 Å². The number of fused-ring (bicyclic) bond motifs is 1. The minimum absolute atomic E-state index is 0.543. The fourth-order valence-corrected chi connectivity index (χ4v) is 2.82. The molecule has 0 amide bonds. The van der Waals surface area contributed by atoms with Crippen LogP contribution < -0.4 is 5.73 Å². The Bertz CT molecular complexity index is 476. The predicted molar refractivity (Wildman–Crippen MR) is 71.1 cm³/mol. The zero-order valence-electron chi connectivity index (χ0n) is 9.86. The van der Waals surface area contributed by atoms with E-state index in [-0.39, 0.29) is 0 Å². The van der Waals surface area contributed by atoms with Gasteiger partial charge in [-0.1, -0.05) is 19.9 Å². The van der Waals surface area contributed by atoms with E-state index in [1.807, 2.05) is 0 Å². The largest absolute Gasteiger partial charge is 0.330 e. The van der Waals surface area contributed by atoms with Crippen LogP contribution in [0.3, 0.4) is 0 Å². The smallest absolute Gasteiger partial charge is 0.0935 e. The average molecular weight is 234 g/mol. The second-order valence-electron chi connectivity index (χ2n) is 4.17. The van der Waals surface area contributed by atoms with Crippen molar-refractivity contribution in [2.45, 2.75) is 32.6 Å². The number of benzene rings is 1. The summed E-state index contributed by atoms with van der Waals surface area (Å²) in [4.78, 5) is 4.57. The first-order chi connectivity index (χ1) is 7.74. The summed E-state index contributed by atoms with van der Waals surface area (Å²) in [6.07, 6.45) is 2.07. The second kappa shape index (κ2) is 4.93. The molecule has 2 N–H and O–H groups in total. The van der Waals surface area contributed by atoms with Gasteiger partial charge in [-0.05, 0) is 43.0 Å². The van der Waals surface area contributed by atoms with Crippen molar-refractivity contribution < 1.29 is 0 Å². The van der Waals surface area contributed by atoms with Gasteiger partial charge in [0.15, 0.2) is 0 Å². The molecule has 86 valence electrons. The van der Waals surface area contributed by atoms with Crippen LogP contribution in [-0.2, 0) is 6.42 Å². The third-order valence-electron chi connectivity index (χ3n) is 2.93. The van der Waals surface area contributed by atoms with Crippen molar-refractivity contribution in [1.29, 1.82) is 0 Å². The maximum Gasteiger partial charge on any atom is 0.0935 e. The highest BCUT2D eigenvalue weighted by Gasteiger charge is 2.07. The summed E-state index contributed by atoms with van der Waals surface area (Å²) in [5.41, 5.74) is 8.10. The quantitative estimate of drug-likeness (QED) is 0.881. The Balaban J connectivity index is 2.35. The van der Waals surface area contributed by atoms with E-state index in [2.05, 4.69) is 37.0 Å². The van der Waals surface area contributed by atoms with E-state index >= 15 is 0 Å². The minimum atomic E-state index is 0.543. The molecule has 1 unspecified atom stereocenters. The van der Waals surface area contributed by atoms with Crippen molar-refractivity contribution in [2.24, 2.45) is 5.73 Å². The highest BCUT2D eigenvalue weighted by molar-refractivity contribution is 7.18. The molecular weight excluding hydrogens is 216 g/mol. The van der Waals surface area contributed by atoms with Crippen molar-refractivity contribution in [1.82, 2.24) is 4.98 Å². The first kappa shape index (κ1) is 11.6. The van der Waals surface area contributed by atoms with E-state index in [1.54, 1.807) is 11.3 Å². The topological polar surface area (TPSA) is 38.9 Å². The number of aryl methyl sites for hydroxylation is 1. The number of thiazole rings is 1. The summed E-state index contributed by atoms with van der Waals surface area (Å²) in [5, 5.41) is 1.22. The van der Waals surface area contributed by atoms with E-state index in [0.717, 1.165) is 24.9 Å². The van der Waals surface area contributed by atoms with Gasteiger partial charge in [0.25, 0.3) is 0 Å². The van der Waals surface area contributed by atoms with Gasteiger partial charge in [-0.2, -0.15) is 0 Å². The molecule has 2 aromatic rings. The van der Waals surface area contributed by atoms with Gasteiger partial charge in [0.1, 0.15) is 0 Å². The summed E-state index contributed by atoms with van der Waals surface area (Å²) in [7, 11) is 0. The molecule has 0 spiro atoms. The monoisotopic (exact) mass is 234 g/mol. The van der Waals surface area contributed by atoms with Crippen LogP contribution in [0.4, 0.5) is 0 Å². The predicted octanol–water partition coefficient (Wildman–Crippen LogP) is 3.31. The lowest BCUT2D eigenvalue weighted by atomic mass is 9.98. The summed E-state index contributed by atoms with van der Waals surface area (Å²) in [5.74, 6) is 0.543. The van der Waals surface area contributed by atoms with Gasteiger partial charge in [0, 0.05) is 0 Å². The van der Waals surface area contributed by atoms with Crippen LogP contribution in [0.5, 0.6) is 0 Å². The lowest BCUT2D eigenvalue weighted by Crippen LogP contribution is -2.04. The highest BCUT2D eigenvalue weighted by atomic mass is 32.1.